The standard InChI is InChI=1S/C27H26N2O3/c1-17-14-29(15-18(2)32-17)16-20-7-3-6-10-25(20)28-27(31)19-11-12-22-21-8-4-5-9-23(21)26(30)24(22)13-19/h3-13,17-18H,14-16H2,1-2H3,(H,28,31). The van der Waals surface area contributed by atoms with Gasteiger partial charge in [0.1, 0.15) is 0 Å². The molecule has 1 fully saturated rings. The van der Waals surface area contributed by atoms with Gasteiger partial charge in [-0.1, -0.05) is 48.5 Å². The predicted molar refractivity (Wildman–Crippen MR) is 125 cm³/mol. The van der Waals surface area contributed by atoms with Crippen molar-refractivity contribution in [1.82, 2.24) is 4.90 Å². The number of carbonyl (C=O) groups excluding carboxylic acids is 2. The van der Waals surface area contributed by atoms with Gasteiger partial charge in [0.15, 0.2) is 5.78 Å². The lowest BCUT2D eigenvalue weighted by atomic mass is 10.0. The summed E-state index contributed by atoms with van der Waals surface area (Å²) in [7, 11) is 0. The van der Waals surface area contributed by atoms with Gasteiger partial charge >= 0.3 is 0 Å². The van der Waals surface area contributed by atoms with Crippen LogP contribution in [-0.2, 0) is 11.3 Å². The van der Waals surface area contributed by atoms with Gasteiger partial charge in [-0.05, 0) is 48.7 Å². The number of benzene rings is 3. The summed E-state index contributed by atoms with van der Waals surface area (Å²) in [5, 5.41) is 3.06. The third-order valence-electron chi connectivity index (χ3n) is 6.14. The molecule has 0 aromatic heterocycles. The Kier molecular flexibility index (Phi) is 5.37. The quantitative estimate of drug-likeness (QED) is 0.511. The zero-order valence-corrected chi connectivity index (χ0v) is 18.3. The summed E-state index contributed by atoms with van der Waals surface area (Å²) >= 11 is 0. The number of fused-ring (bicyclic) bond motifs is 3. The number of carbonyl (C=O) groups is 2. The molecule has 5 rings (SSSR count). The van der Waals surface area contributed by atoms with Crippen LogP contribution in [0.15, 0.2) is 66.7 Å². The van der Waals surface area contributed by atoms with E-state index in [0.29, 0.717) is 16.7 Å². The van der Waals surface area contributed by atoms with Gasteiger partial charge in [0.05, 0.1) is 12.2 Å². The third-order valence-corrected chi connectivity index (χ3v) is 6.14. The molecule has 5 nitrogen and oxygen atoms in total. The summed E-state index contributed by atoms with van der Waals surface area (Å²) in [5.74, 6) is -0.242. The van der Waals surface area contributed by atoms with Crippen molar-refractivity contribution in [3.8, 4) is 11.1 Å². The number of morpholine rings is 1. The smallest absolute Gasteiger partial charge is 0.255 e. The molecule has 1 N–H and O–H groups in total. The minimum atomic E-state index is -0.215. The Morgan fingerprint density at radius 1 is 0.906 bits per heavy atom. The molecule has 0 saturated carbocycles. The van der Waals surface area contributed by atoms with Crippen molar-refractivity contribution in [2.45, 2.75) is 32.6 Å². The summed E-state index contributed by atoms with van der Waals surface area (Å²) in [6.07, 6.45) is 0.377. The molecule has 2 unspecified atom stereocenters. The molecule has 3 aromatic rings. The van der Waals surface area contributed by atoms with Gasteiger partial charge in [0.25, 0.3) is 5.91 Å². The minimum Gasteiger partial charge on any atom is -0.373 e. The Morgan fingerprint density at radius 3 is 2.34 bits per heavy atom. The Hall–Kier alpha value is -3.28. The number of amides is 1. The van der Waals surface area contributed by atoms with Crippen molar-refractivity contribution in [3.63, 3.8) is 0 Å². The van der Waals surface area contributed by atoms with Crippen molar-refractivity contribution >= 4 is 17.4 Å². The van der Waals surface area contributed by atoms with Crippen molar-refractivity contribution in [3.05, 3.63) is 89.0 Å². The second-order valence-corrected chi connectivity index (χ2v) is 8.70. The van der Waals surface area contributed by atoms with Crippen LogP contribution in [0.25, 0.3) is 11.1 Å². The molecule has 2 atom stereocenters. The van der Waals surface area contributed by atoms with Crippen LogP contribution in [-0.4, -0.2) is 41.9 Å². The van der Waals surface area contributed by atoms with Crippen LogP contribution in [0.5, 0.6) is 0 Å². The largest absolute Gasteiger partial charge is 0.373 e. The number of ketones is 1. The first-order valence-electron chi connectivity index (χ1n) is 11.0. The first-order valence-corrected chi connectivity index (χ1v) is 11.0. The molecular formula is C27H26N2O3. The second kappa shape index (κ2) is 8.34. The first kappa shape index (κ1) is 20.6. The van der Waals surface area contributed by atoms with Crippen molar-refractivity contribution in [2.75, 3.05) is 18.4 Å². The summed E-state index contributed by atoms with van der Waals surface area (Å²) in [5.41, 5.74) is 5.43. The van der Waals surface area contributed by atoms with E-state index in [-0.39, 0.29) is 23.9 Å². The molecule has 2 aliphatic rings. The highest BCUT2D eigenvalue weighted by molar-refractivity contribution is 6.22. The topological polar surface area (TPSA) is 58.6 Å². The molecule has 5 heteroatoms. The van der Waals surface area contributed by atoms with E-state index in [0.717, 1.165) is 42.0 Å². The van der Waals surface area contributed by atoms with E-state index in [9.17, 15) is 9.59 Å². The number of hydrogen-bond acceptors (Lipinski definition) is 4. The number of para-hydroxylation sites is 1. The van der Waals surface area contributed by atoms with Crippen molar-refractivity contribution < 1.29 is 14.3 Å². The molecule has 0 spiro atoms. The SMILES string of the molecule is CC1CN(Cc2ccccc2NC(=O)c2ccc3c(c2)C(=O)c2ccccc2-3)CC(C)O1. The maximum absolute atomic E-state index is 13.1. The van der Waals surface area contributed by atoms with Crippen LogP contribution in [0.2, 0.25) is 0 Å². The second-order valence-electron chi connectivity index (χ2n) is 8.70. The van der Waals surface area contributed by atoms with Gasteiger partial charge in [-0.3, -0.25) is 14.5 Å². The fourth-order valence-corrected chi connectivity index (χ4v) is 4.80. The third kappa shape index (κ3) is 3.85. The number of nitrogens with zero attached hydrogens (tertiary/aromatic N) is 1. The van der Waals surface area contributed by atoms with Crippen LogP contribution in [0, 0.1) is 0 Å². The Bertz CT molecular complexity index is 1190. The lowest BCUT2D eigenvalue weighted by Crippen LogP contribution is -2.44. The van der Waals surface area contributed by atoms with E-state index < -0.39 is 0 Å². The molecule has 1 aliphatic carbocycles. The zero-order valence-electron chi connectivity index (χ0n) is 18.3. The molecule has 1 heterocycles. The Labute approximate surface area is 188 Å². The van der Waals surface area contributed by atoms with Crippen LogP contribution < -0.4 is 5.32 Å². The number of nitrogens with one attached hydrogen (secondary N) is 1. The molecular weight excluding hydrogens is 400 g/mol. The maximum atomic E-state index is 13.1. The van der Waals surface area contributed by atoms with Gasteiger partial charge < -0.3 is 10.1 Å². The monoisotopic (exact) mass is 426 g/mol. The summed E-state index contributed by atoms with van der Waals surface area (Å²) < 4.78 is 5.84. The van der Waals surface area contributed by atoms with Gasteiger partial charge in [-0.25, -0.2) is 0 Å². The van der Waals surface area contributed by atoms with Gasteiger partial charge in [-0.15, -0.1) is 0 Å². The molecule has 3 aromatic carbocycles. The first-order chi connectivity index (χ1) is 15.5. The minimum absolute atomic E-state index is 0.0267. The average molecular weight is 427 g/mol. The number of anilines is 1. The maximum Gasteiger partial charge on any atom is 0.255 e. The van der Waals surface area contributed by atoms with E-state index in [1.54, 1.807) is 12.1 Å². The van der Waals surface area contributed by atoms with E-state index in [4.69, 9.17) is 4.74 Å². The number of ether oxygens (including phenoxy) is 1. The average Bonchev–Trinajstić information content (AvgIpc) is 3.06. The normalized spacial score (nSPS) is 20.0. The highest BCUT2D eigenvalue weighted by atomic mass is 16.5. The number of rotatable bonds is 4. The van der Waals surface area contributed by atoms with Crippen LogP contribution in [0.3, 0.4) is 0 Å². The van der Waals surface area contributed by atoms with Crippen LogP contribution >= 0.6 is 0 Å². The molecule has 32 heavy (non-hydrogen) atoms. The van der Waals surface area contributed by atoms with Crippen molar-refractivity contribution in [1.29, 1.82) is 0 Å². The Balaban J connectivity index is 1.36. The highest BCUT2D eigenvalue weighted by Gasteiger charge is 2.27. The fourth-order valence-electron chi connectivity index (χ4n) is 4.80. The molecule has 1 saturated heterocycles. The van der Waals surface area contributed by atoms with E-state index in [1.807, 2.05) is 54.6 Å². The molecule has 1 aliphatic heterocycles. The highest BCUT2D eigenvalue weighted by Crippen LogP contribution is 2.36. The fraction of sp³-hybridized carbons (Fsp3) is 0.259. The van der Waals surface area contributed by atoms with Gasteiger partial charge in [0.2, 0.25) is 0 Å². The molecule has 0 bridgehead atoms. The molecule has 1 amide bonds. The van der Waals surface area contributed by atoms with E-state index in [2.05, 4.69) is 24.1 Å². The Morgan fingerprint density at radius 2 is 1.56 bits per heavy atom. The van der Waals surface area contributed by atoms with Crippen LogP contribution in [0.4, 0.5) is 5.69 Å². The van der Waals surface area contributed by atoms with Gasteiger partial charge in [0, 0.05) is 42.0 Å². The summed E-state index contributed by atoms with van der Waals surface area (Å²) in [6, 6.07) is 20.8. The van der Waals surface area contributed by atoms with Crippen molar-refractivity contribution in [2.24, 2.45) is 0 Å². The van der Waals surface area contributed by atoms with Gasteiger partial charge in [-0.2, -0.15) is 0 Å². The van der Waals surface area contributed by atoms with E-state index in [1.165, 1.54) is 0 Å². The predicted octanol–water partition coefficient (Wildman–Crippen LogP) is 4.76. The number of hydrogen-bond donors (Lipinski definition) is 1. The molecule has 0 radical (unpaired) electrons. The van der Waals surface area contributed by atoms with E-state index >= 15 is 0 Å². The zero-order chi connectivity index (χ0) is 22.2. The van der Waals surface area contributed by atoms with Crippen LogP contribution in [0.1, 0.15) is 45.7 Å². The summed E-state index contributed by atoms with van der Waals surface area (Å²) in [6.45, 7) is 6.64. The lowest BCUT2D eigenvalue weighted by molar-refractivity contribution is -0.0704. The lowest BCUT2D eigenvalue weighted by Gasteiger charge is -2.35. The molecule has 162 valence electrons. The summed E-state index contributed by atoms with van der Waals surface area (Å²) in [4.78, 5) is 28.2.